The first-order valence-electron chi connectivity index (χ1n) is 11.4. The Bertz CT molecular complexity index is 1350. The molecule has 1 N–H and O–H groups in total. The number of hydrogen-bond donors (Lipinski definition) is 1. The third-order valence-corrected chi connectivity index (χ3v) is 7.79. The molecule has 0 saturated heterocycles. The van der Waals surface area contributed by atoms with Gasteiger partial charge in [0.05, 0.1) is 41.4 Å². The van der Waals surface area contributed by atoms with Crippen LogP contribution in [0.25, 0.3) is 5.78 Å². The molecule has 0 radical (unpaired) electrons. The maximum Gasteiger partial charge on any atom is 0.270 e. The number of nitrogens with zero attached hydrogens (tertiary/aromatic N) is 6. The number of nitrogens with one attached hydrogen (secondary N) is 1. The first-order valence-corrected chi connectivity index (χ1v) is 13.4. The summed E-state index contributed by atoms with van der Waals surface area (Å²) in [5.74, 6) is 0.317. The molecule has 0 aliphatic carbocycles. The third-order valence-electron chi connectivity index (χ3n) is 5.51. The summed E-state index contributed by atoms with van der Waals surface area (Å²) in [5.41, 5.74) is 2.83. The van der Waals surface area contributed by atoms with E-state index >= 15 is 0 Å². The summed E-state index contributed by atoms with van der Waals surface area (Å²) in [4.78, 5) is 21.6. The molecule has 2 aromatic heterocycles. The fraction of sp³-hybridized carbons (Fsp3) is 0.391. The van der Waals surface area contributed by atoms with E-state index in [9.17, 15) is 13.2 Å². The molecule has 10 nitrogen and oxygen atoms in total. The summed E-state index contributed by atoms with van der Waals surface area (Å²) >= 11 is 6.06. The molecule has 0 fully saturated rings. The van der Waals surface area contributed by atoms with E-state index in [-0.39, 0.29) is 17.6 Å². The third kappa shape index (κ3) is 5.57. The van der Waals surface area contributed by atoms with E-state index in [2.05, 4.69) is 20.4 Å². The number of carbonyl (C=O) groups excluding carboxylic acids is 1. The molecule has 4 rings (SSSR count). The Morgan fingerprint density at radius 1 is 1.20 bits per heavy atom. The fourth-order valence-corrected chi connectivity index (χ4v) is 5.57. The van der Waals surface area contributed by atoms with Crippen LogP contribution in [0.3, 0.4) is 0 Å². The summed E-state index contributed by atoms with van der Waals surface area (Å²) in [6.07, 6.45) is 5.10. The fourth-order valence-electron chi connectivity index (χ4n) is 3.85. The zero-order valence-corrected chi connectivity index (χ0v) is 21.4. The number of hydrazone groups is 1. The molecule has 0 unspecified atom stereocenters. The van der Waals surface area contributed by atoms with Gasteiger partial charge in [-0.1, -0.05) is 44.5 Å². The topological polar surface area (TPSA) is 112 Å². The molecule has 186 valence electrons. The SMILES string of the molecule is CCc1nc2ncc(Cl)cn2c1C(=O)NCc1ccc(N2CCN(S(=O)(=O)CC(C)C)C=N2)cc1. The van der Waals surface area contributed by atoms with E-state index in [4.69, 9.17) is 11.6 Å². The van der Waals surface area contributed by atoms with Crippen molar-refractivity contribution in [3.05, 3.63) is 58.6 Å². The van der Waals surface area contributed by atoms with Gasteiger partial charge in [-0.2, -0.15) is 5.10 Å². The van der Waals surface area contributed by atoms with Gasteiger partial charge in [-0.05, 0) is 30.0 Å². The van der Waals surface area contributed by atoms with Crippen molar-refractivity contribution in [2.75, 3.05) is 23.9 Å². The highest BCUT2D eigenvalue weighted by molar-refractivity contribution is 7.89. The molecular weight excluding hydrogens is 490 g/mol. The summed E-state index contributed by atoms with van der Waals surface area (Å²) in [7, 11) is -3.35. The Balaban J connectivity index is 1.40. The quantitative estimate of drug-likeness (QED) is 0.491. The molecular formula is C23H28ClN7O3S. The van der Waals surface area contributed by atoms with Crippen LogP contribution in [0.15, 0.2) is 41.8 Å². The maximum atomic E-state index is 13.0. The average molecular weight is 518 g/mol. The predicted octanol–water partition coefficient (Wildman–Crippen LogP) is 2.93. The second kappa shape index (κ2) is 10.2. The first kappa shape index (κ1) is 24.9. The van der Waals surface area contributed by atoms with Gasteiger partial charge in [-0.15, -0.1) is 0 Å². The Morgan fingerprint density at radius 3 is 2.57 bits per heavy atom. The van der Waals surface area contributed by atoms with Crippen LogP contribution in [0, 0.1) is 5.92 Å². The second-order valence-electron chi connectivity index (χ2n) is 8.69. The number of benzene rings is 1. The highest BCUT2D eigenvalue weighted by Gasteiger charge is 2.24. The smallest absolute Gasteiger partial charge is 0.270 e. The van der Waals surface area contributed by atoms with Gasteiger partial charge < -0.3 is 5.32 Å². The van der Waals surface area contributed by atoms with Gasteiger partial charge >= 0.3 is 0 Å². The number of hydrogen-bond acceptors (Lipinski definition) is 7. The highest BCUT2D eigenvalue weighted by Crippen LogP contribution is 2.19. The Labute approximate surface area is 209 Å². The Kier molecular flexibility index (Phi) is 7.27. The van der Waals surface area contributed by atoms with E-state index < -0.39 is 10.0 Å². The maximum absolute atomic E-state index is 13.0. The number of imidazole rings is 1. The van der Waals surface area contributed by atoms with E-state index in [1.54, 1.807) is 15.6 Å². The molecule has 35 heavy (non-hydrogen) atoms. The lowest BCUT2D eigenvalue weighted by molar-refractivity contribution is 0.0944. The molecule has 1 aliphatic heterocycles. The zero-order chi connectivity index (χ0) is 25.2. The second-order valence-corrected chi connectivity index (χ2v) is 11.1. The normalized spacial score (nSPS) is 14.2. The van der Waals surface area contributed by atoms with Crippen molar-refractivity contribution in [1.82, 2.24) is 24.0 Å². The number of rotatable bonds is 8. The van der Waals surface area contributed by atoms with E-state index in [1.807, 2.05) is 45.0 Å². The van der Waals surface area contributed by atoms with Crippen molar-refractivity contribution in [1.29, 1.82) is 0 Å². The molecule has 0 bridgehead atoms. The van der Waals surface area contributed by atoms with Crippen LogP contribution in [0.1, 0.15) is 42.5 Å². The molecule has 1 amide bonds. The minimum absolute atomic E-state index is 0.0511. The van der Waals surface area contributed by atoms with Crippen LogP contribution in [0.5, 0.6) is 0 Å². The highest BCUT2D eigenvalue weighted by atomic mass is 35.5. The van der Waals surface area contributed by atoms with Gasteiger partial charge in [-0.25, -0.2) is 18.4 Å². The van der Waals surface area contributed by atoms with Crippen LogP contribution in [0.4, 0.5) is 5.69 Å². The van der Waals surface area contributed by atoms with Crippen molar-refractivity contribution >= 4 is 45.3 Å². The summed E-state index contributed by atoms with van der Waals surface area (Å²) in [5, 5.41) is 9.42. The van der Waals surface area contributed by atoms with Gasteiger partial charge in [0.1, 0.15) is 12.0 Å². The van der Waals surface area contributed by atoms with Gasteiger partial charge in [0, 0.05) is 12.7 Å². The predicted molar refractivity (Wildman–Crippen MR) is 136 cm³/mol. The van der Waals surface area contributed by atoms with E-state index in [1.165, 1.54) is 16.8 Å². The number of sulfonamides is 1. The number of amides is 1. The lowest BCUT2D eigenvalue weighted by Gasteiger charge is -2.29. The van der Waals surface area contributed by atoms with Crippen molar-refractivity contribution in [2.24, 2.45) is 11.0 Å². The van der Waals surface area contributed by atoms with Crippen molar-refractivity contribution in [3.8, 4) is 0 Å². The number of aryl methyl sites for hydroxylation is 1. The number of aromatic nitrogens is 3. The minimum atomic E-state index is -3.35. The van der Waals surface area contributed by atoms with Gasteiger partial charge in [0.15, 0.2) is 0 Å². The minimum Gasteiger partial charge on any atom is -0.347 e. The largest absolute Gasteiger partial charge is 0.347 e. The van der Waals surface area contributed by atoms with Crippen LogP contribution in [-0.2, 0) is 23.0 Å². The molecule has 3 aromatic rings. The van der Waals surface area contributed by atoms with Crippen LogP contribution < -0.4 is 10.3 Å². The molecule has 1 aromatic carbocycles. The van der Waals surface area contributed by atoms with Crippen LogP contribution in [0.2, 0.25) is 5.02 Å². The zero-order valence-electron chi connectivity index (χ0n) is 19.8. The van der Waals surface area contributed by atoms with Crippen LogP contribution >= 0.6 is 11.6 Å². The monoisotopic (exact) mass is 517 g/mol. The molecule has 3 heterocycles. The van der Waals surface area contributed by atoms with Crippen molar-refractivity contribution in [3.63, 3.8) is 0 Å². The van der Waals surface area contributed by atoms with Gasteiger partial charge in [0.2, 0.25) is 15.8 Å². The molecule has 0 saturated carbocycles. The molecule has 12 heteroatoms. The van der Waals surface area contributed by atoms with E-state index in [0.717, 1.165) is 11.3 Å². The lowest BCUT2D eigenvalue weighted by Crippen LogP contribution is -2.42. The van der Waals surface area contributed by atoms with Gasteiger partial charge in [-0.3, -0.25) is 18.5 Å². The summed E-state index contributed by atoms with van der Waals surface area (Å²) in [6, 6.07) is 7.60. The number of halogens is 1. The number of carbonyl (C=O) groups is 1. The average Bonchev–Trinajstić information content (AvgIpc) is 3.20. The summed E-state index contributed by atoms with van der Waals surface area (Å²) in [6.45, 7) is 6.81. The van der Waals surface area contributed by atoms with Crippen molar-refractivity contribution in [2.45, 2.75) is 33.7 Å². The standard InChI is InChI=1S/C23H28ClN7O3S/c1-4-20-21(30-13-18(24)12-26-23(30)28-20)22(32)25-11-17-5-7-19(8-6-17)31-10-9-29(15-27-31)35(33,34)14-16(2)3/h5-8,12-13,15-16H,4,9-11,14H2,1-3H3,(H,25,32). The Hall–Kier alpha value is -3.18. The number of fused-ring (bicyclic) bond motifs is 1. The summed E-state index contributed by atoms with van der Waals surface area (Å²) < 4.78 is 27.7. The van der Waals surface area contributed by atoms with E-state index in [0.29, 0.717) is 48.2 Å². The van der Waals surface area contributed by atoms with Crippen molar-refractivity contribution < 1.29 is 13.2 Å². The van der Waals surface area contributed by atoms with Gasteiger partial charge in [0.25, 0.3) is 5.91 Å². The lowest BCUT2D eigenvalue weighted by atomic mass is 10.2. The molecule has 0 spiro atoms. The van der Waals surface area contributed by atoms with Crippen LogP contribution in [-0.4, -0.2) is 58.2 Å². The number of anilines is 1. The first-order chi connectivity index (χ1) is 16.7. The molecule has 0 atom stereocenters. The molecule has 1 aliphatic rings. The Morgan fingerprint density at radius 2 is 1.94 bits per heavy atom.